The van der Waals surface area contributed by atoms with Crippen molar-refractivity contribution in [2.75, 3.05) is 18.4 Å². The number of carbonyl (C=O) groups is 2. The van der Waals surface area contributed by atoms with Crippen LogP contribution in [0.1, 0.15) is 11.1 Å². The zero-order chi connectivity index (χ0) is 22.8. The van der Waals surface area contributed by atoms with Crippen LogP contribution >= 0.6 is 0 Å². The number of aliphatic imine (C=N–C) groups is 1. The first-order chi connectivity index (χ1) is 16.1. The smallest absolute Gasteiger partial charge is 0.348 e. The van der Waals surface area contributed by atoms with Gasteiger partial charge in [-0.15, -0.1) is 4.99 Å². The number of rotatable bonds is 5. The lowest BCUT2D eigenvalue weighted by Gasteiger charge is -2.20. The van der Waals surface area contributed by atoms with Crippen LogP contribution in [0.25, 0.3) is 5.69 Å². The number of aromatic nitrogens is 2. The Morgan fingerprint density at radius 2 is 1.94 bits per heavy atom. The van der Waals surface area contributed by atoms with Gasteiger partial charge in [-0.1, -0.05) is 24.3 Å². The Balaban J connectivity index is 1.23. The molecule has 9 nitrogen and oxygen atoms in total. The maximum atomic E-state index is 12.7. The third-order valence-electron chi connectivity index (χ3n) is 5.57. The fraction of sp³-hybridized carbons (Fsp3) is 0.167. The first kappa shape index (κ1) is 20.5. The molecular formula is C24H22N6O3. The van der Waals surface area contributed by atoms with Crippen LogP contribution in [0.3, 0.4) is 0 Å². The maximum absolute atomic E-state index is 12.7. The number of ether oxygens (including phenoxy) is 1. The second-order valence-corrected chi connectivity index (χ2v) is 7.78. The number of urea groups is 1. The van der Waals surface area contributed by atoms with Gasteiger partial charge in [0.1, 0.15) is 0 Å². The highest BCUT2D eigenvalue weighted by Crippen LogP contribution is 2.21. The molecule has 0 atom stereocenters. The normalized spacial score (nSPS) is 15.4. The van der Waals surface area contributed by atoms with Crippen LogP contribution in [0.5, 0.6) is 0 Å². The van der Waals surface area contributed by atoms with Crippen LogP contribution in [0.2, 0.25) is 0 Å². The number of fused-ring (bicyclic) bond motifs is 1. The minimum atomic E-state index is -0.412. The summed E-state index contributed by atoms with van der Waals surface area (Å²) in [6.45, 7) is 3.43. The molecule has 0 unspecified atom stereocenters. The average molecular weight is 442 g/mol. The fourth-order valence-corrected chi connectivity index (χ4v) is 3.67. The van der Waals surface area contributed by atoms with Crippen LogP contribution in [0, 0.1) is 6.92 Å². The van der Waals surface area contributed by atoms with Gasteiger partial charge in [-0.25, -0.2) is 9.78 Å². The number of nitrogens with one attached hydrogen (secondary N) is 1. The number of anilines is 1. The molecule has 2 aromatic carbocycles. The highest BCUT2D eigenvalue weighted by molar-refractivity contribution is 6.06. The van der Waals surface area contributed by atoms with E-state index in [9.17, 15) is 9.59 Å². The van der Waals surface area contributed by atoms with Gasteiger partial charge in [0.15, 0.2) is 0 Å². The Labute approximate surface area is 190 Å². The Hall–Kier alpha value is -4.40. The van der Waals surface area contributed by atoms with E-state index >= 15 is 0 Å². The molecule has 5 rings (SSSR count). The van der Waals surface area contributed by atoms with Crippen molar-refractivity contribution in [1.29, 1.82) is 0 Å². The van der Waals surface area contributed by atoms with E-state index in [4.69, 9.17) is 4.74 Å². The molecular weight excluding hydrogens is 420 g/mol. The van der Waals surface area contributed by atoms with Gasteiger partial charge >= 0.3 is 12.1 Å². The molecule has 0 bridgehead atoms. The lowest BCUT2D eigenvalue weighted by molar-refractivity contribution is -0.114. The maximum Gasteiger partial charge on any atom is 0.348 e. The molecule has 2 aliphatic heterocycles. The topological polar surface area (TPSA) is 92.1 Å². The van der Waals surface area contributed by atoms with Gasteiger partial charge in [0.25, 0.3) is 5.91 Å². The van der Waals surface area contributed by atoms with E-state index in [0.29, 0.717) is 25.3 Å². The summed E-state index contributed by atoms with van der Waals surface area (Å²) in [6.07, 6.45) is 6.83. The second kappa shape index (κ2) is 8.62. The Bertz CT molecular complexity index is 1250. The van der Waals surface area contributed by atoms with Gasteiger partial charge < -0.3 is 19.5 Å². The van der Waals surface area contributed by atoms with Gasteiger partial charge in [0, 0.05) is 43.4 Å². The van der Waals surface area contributed by atoms with Crippen LogP contribution < -0.4 is 5.32 Å². The van der Waals surface area contributed by atoms with Gasteiger partial charge in [-0.2, -0.15) is 0 Å². The van der Waals surface area contributed by atoms with E-state index in [1.54, 1.807) is 40.7 Å². The number of aryl methyl sites for hydroxylation is 1. The van der Waals surface area contributed by atoms with Crippen LogP contribution in [-0.2, 0) is 16.1 Å². The van der Waals surface area contributed by atoms with Crippen molar-refractivity contribution in [3.63, 3.8) is 0 Å². The summed E-state index contributed by atoms with van der Waals surface area (Å²) in [7, 11) is 0. The highest BCUT2D eigenvalue weighted by atomic mass is 16.5. The highest BCUT2D eigenvalue weighted by Gasteiger charge is 2.31. The summed E-state index contributed by atoms with van der Waals surface area (Å²) >= 11 is 0. The molecule has 0 saturated carbocycles. The van der Waals surface area contributed by atoms with Crippen LogP contribution in [0.15, 0.2) is 84.2 Å². The summed E-state index contributed by atoms with van der Waals surface area (Å²) < 4.78 is 7.49. The predicted molar refractivity (Wildman–Crippen MR) is 122 cm³/mol. The molecule has 0 aliphatic carbocycles. The average Bonchev–Trinajstić information content (AvgIpc) is 3.46. The quantitative estimate of drug-likeness (QED) is 0.655. The number of amides is 3. The largest absolute Gasteiger partial charge is 0.418 e. The number of carbonyl (C=O) groups excluding carboxylic acids is 2. The van der Waals surface area contributed by atoms with E-state index in [1.165, 1.54) is 0 Å². The van der Waals surface area contributed by atoms with Crippen molar-refractivity contribution in [3.8, 4) is 5.69 Å². The standard InChI is InChI=1S/C24H22N6O3/c1-17-4-2-3-5-18(17)14-28-12-13-29-15-21(33-24(29)27-23(28)32)22(31)26-19-6-8-20(9-7-19)30-11-10-25-16-30/h2-11,15-16H,12-14H2,1H3,(H,26,31). The lowest BCUT2D eigenvalue weighted by atomic mass is 10.1. The monoisotopic (exact) mass is 442 g/mol. The summed E-state index contributed by atoms with van der Waals surface area (Å²) in [6, 6.07) is 15.0. The van der Waals surface area contributed by atoms with E-state index in [1.807, 2.05) is 54.1 Å². The number of nitrogens with zero attached hydrogens (tertiary/aromatic N) is 5. The van der Waals surface area contributed by atoms with E-state index < -0.39 is 5.91 Å². The van der Waals surface area contributed by atoms with Crippen molar-refractivity contribution >= 4 is 23.6 Å². The number of imidazole rings is 1. The molecule has 0 saturated heterocycles. The first-order valence-electron chi connectivity index (χ1n) is 10.5. The Morgan fingerprint density at radius 3 is 2.70 bits per heavy atom. The van der Waals surface area contributed by atoms with Gasteiger partial charge in [0.05, 0.1) is 12.5 Å². The van der Waals surface area contributed by atoms with Crippen molar-refractivity contribution in [2.24, 2.45) is 4.99 Å². The summed E-state index contributed by atoms with van der Waals surface area (Å²) in [4.78, 5) is 36.8. The van der Waals surface area contributed by atoms with Crippen molar-refractivity contribution < 1.29 is 14.3 Å². The fourth-order valence-electron chi connectivity index (χ4n) is 3.67. The van der Waals surface area contributed by atoms with E-state index in [2.05, 4.69) is 15.3 Å². The van der Waals surface area contributed by atoms with Crippen LogP contribution in [0.4, 0.5) is 10.5 Å². The molecule has 166 valence electrons. The third-order valence-corrected chi connectivity index (χ3v) is 5.57. The van der Waals surface area contributed by atoms with Crippen molar-refractivity contribution in [2.45, 2.75) is 13.5 Å². The Kier molecular flexibility index (Phi) is 5.35. The number of hydrogen-bond acceptors (Lipinski definition) is 5. The predicted octanol–water partition coefficient (Wildman–Crippen LogP) is 3.28. The molecule has 33 heavy (non-hydrogen) atoms. The summed E-state index contributed by atoms with van der Waals surface area (Å²) in [5.41, 5.74) is 3.75. The summed E-state index contributed by atoms with van der Waals surface area (Å²) in [5, 5.41) is 2.81. The zero-order valence-corrected chi connectivity index (χ0v) is 18.0. The van der Waals surface area contributed by atoms with E-state index in [-0.39, 0.29) is 17.8 Å². The first-order valence-corrected chi connectivity index (χ1v) is 10.5. The van der Waals surface area contributed by atoms with Crippen LogP contribution in [-0.4, -0.2) is 50.4 Å². The summed E-state index contributed by atoms with van der Waals surface area (Å²) in [5.74, 6) is -0.321. The molecule has 2 aliphatic rings. The minimum absolute atomic E-state index is 0.0904. The molecule has 0 radical (unpaired) electrons. The third kappa shape index (κ3) is 4.33. The molecule has 3 aromatic rings. The molecule has 3 heterocycles. The molecule has 3 amide bonds. The molecule has 1 N–H and O–H groups in total. The van der Waals surface area contributed by atoms with Gasteiger partial charge in [-0.3, -0.25) is 9.69 Å². The lowest BCUT2D eigenvalue weighted by Crippen LogP contribution is -2.32. The second-order valence-electron chi connectivity index (χ2n) is 7.78. The minimum Gasteiger partial charge on any atom is -0.418 e. The number of amidine groups is 1. The van der Waals surface area contributed by atoms with E-state index in [0.717, 1.165) is 16.8 Å². The Morgan fingerprint density at radius 1 is 1.12 bits per heavy atom. The van der Waals surface area contributed by atoms with Gasteiger partial charge in [0.2, 0.25) is 5.76 Å². The van der Waals surface area contributed by atoms with Gasteiger partial charge in [-0.05, 0) is 42.3 Å². The zero-order valence-electron chi connectivity index (χ0n) is 18.0. The molecule has 0 fully saturated rings. The molecule has 0 spiro atoms. The molecule has 1 aromatic heterocycles. The SMILES string of the molecule is Cc1ccccc1CN1CCN2C=C(C(=O)Nc3ccc(-n4ccnc4)cc3)OC2=NC1=O. The molecule has 9 heteroatoms. The van der Waals surface area contributed by atoms with Crippen molar-refractivity contribution in [3.05, 3.63) is 90.3 Å². The number of hydrogen-bond donors (Lipinski definition) is 1. The van der Waals surface area contributed by atoms with Crippen molar-refractivity contribution in [1.82, 2.24) is 19.4 Å². The number of benzene rings is 2.